The minimum Gasteiger partial charge on any atom is -0.496 e. The maximum absolute atomic E-state index is 12.1. The van der Waals surface area contributed by atoms with Crippen molar-refractivity contribution in [3.63, 3.8) is 0 Å². The van der Waals surface area contributed by atoms with E-state index in [0.29, 0.717) is 29.5 Å². The molecule has 4 nitrogen and oxygen atoms in total. The van der Waals surface area contributed by atoms with Crippen molar-refractivity contribution in [2.75, 3.05) is 20.8 Å². The highest BCUT2D eigenvalue weighted by Gasteiger charge is 2.13. The minimum atomic E-state index is -0.0998. The Kier molecular flexibility index (Phi) is 5.67. The van der Waals surface area contributed by atoms with Crippen LogP contribution in [0, 0.1) is 12.8 Å². The summed E-state index contributed by atoms with van der Waals surface area (Å²) in [4.78, 5) is 12.1. The van der Waals surface area contributed by atoms with Crippen LogP contribution >= 0.6 is 0 Å². The molecule has 1 aromatic rings. The lowest BCUT2D eigenvalue weighted by molar-refractivity contribution is 0.0951. The first-order valence-corrected chi connectivity index (χ1v) is 6.50. The Labute approximate surface area is 115 Å². The minimum absolute atomic E-state index is 0.0998. The van der Waals surface area contributed by atoms with E-state index in [2.05, 4.69) is 19.2 Å². The fourth-order valence-corrected chi connectivity index (χ4v) is 1.79. The number of amides is 1. The molecule has 0 atom stereocenters. The second-order valence-corrected chi connectivity index (χ2v) is 4.94. The Morgan fingerprint density at radius 2 is 1.74 bits per heavy atom. The van der Waals surface area contributed by atoms with Crippen molar-refractivity contribution in [3.8, 4) is 11.5 Å². The molecule has 4 heteroatoms. The van der Waals surface area contributed by atoms with Gasteiger partial charge in [-0.25, -0.2) is 0 Å². The van der Waals surface area contributed by atoms with E-state index in [-0.39, 0.29) is 5.91 Å². The Hall–Kier alpha value is -1.71. The van der Waals surface area contributed by atoms with Crippen molar-refractivity contribution in [3.05, 3.63) is 23.3 Å². The van der Waals surface area contributed by atoms with Crippen LogP contribution in [-0.2, 0) is 0 Å². The van der Waals surface area contributed by atoms with E-state index in [0.717, 1.165) is 12.0 Å². The molecule has 0 bridgehead atoms. The third-order valence-corrected chi connectivity index (χ3v) is 3.02. The highest BCUT2D eigenvalue weighted by Crippen LogP contribution is 2.29. The molecule has 0 unspecified atom stereocenters. The van der Waals surface area contributed by atoms with Gasteiger partial charge < -0.3 is 14.8 Å². The number of ether oxygens (including phenoxy) is 2. The number of carbonyl (C=O) groups excluding carboxylic acids is 1. The van der Waals surface area contributed by atoms with Crippen LogP contribution in [0.4, 0.5) is 0 Å². The Bertz CT molecular complexity index is 416. The standard InChI is InChI=1S/C15H23NO3/c1-10(2)6-7-16-15(17)12-8-13(18-4)11(3)14(9-12)19-5/h8-10H,6-7H2,1-5H3,(H,16,17). The lowest BCUT2D eigenvalue weighted by Crippen LogP contribution is -2.25. The lowest BCUT2D eigenvalue weighted by atomic mass is 10.1. The van der Waals surface area contributed by atoms with Gasteiger partial charge in [0.05, 0.1) is 14.2 Å². The van der Waals surface area contributed by atoms with Crippen molar-refractivity contribution in [1.29, 1.82) is 0 Å². The van der Waals surface area contributed by atoms with Crippen molar-refractivity contribution >= 4 is 5.91 Å². The number of hydrogen-bond donors (Lipinski definition) is 1. The predicted molar refractivity (Wildman–Crippen MR) is 76.1 cm³/mol. The highest BCUT2D eigenvalue weighted by molar-refractivity contribution is 5.95. The molecule has 0 spiro atoms. The predicted octanol–water partition coefficient (Wildman–Crippen LogP) is 2.79. The molecule has 0 saturated carbocycles. The zero-order valence-electron chi connectivity index (χ0n) is 12.4. The third-order valence-electron chi connectivity index (χ3n) is 3.02. The van der Waals surface area contributed by atoms with Crippen LogP contribution in [0.5, 0.6) is 11.5 Å². The average molecular weight is 265 g/mol. The van der Waals surface area contributed by atoms with Gasteiger partial charge in [-0.05, 0) is 31.4 Å². The summed E-state index contributed by atoms with van der Waals surface area (Å²) in [5.41, 5.74) is 1.45. The molecule has 0 saturated heterocycles. The lowest BCUT2D eigenvalue weighted by Gasteiger charge is -2.13. The van der Waals surface area contributed by atoms with Gasteiger partial charge in [-0.1, -0.05) is 13.8 Å². The second kappa shape index (κ2) is 7.02. The quantitative estimate of drug-likeness (QED) is 0.860. The zero-order chi connectivity index (χ0) is 14.4. The van der Waals surface area contributed by atoms with Crippen LogP contribution in [0.2, 0.25) is 0 Å². The number of rotatable bonds is 6. The van der Waals surface area contributed by atoms with Crippen molar-refractivity contribution in [2.24, 2.45) is 5.92 Å². The number of hydrogen-bond acceptors (Lipinski definition) is 3. The first-order chi connectivity index (χ1) is 8.99. The van der Waals surface area contributed by atoms with Crippen LogP contribution < -0.4 is 14.8 Å². The summed E-state index contributed by atoms with van der Waals surface area (Å²) < 4.78 is 10.5. The van der Waals surface area contributed by atoms with Crippen LogP contribution in [0.25, 0.3) is 0 Å². The van der Waals surface area contributed by atoms with Gasteiger partial charge in [0.25, 0.3) is 5.91 Å². The van der Waals surface area contributed by atoms with Crippen molar-refractivity contribution < 1.29 is 14.3 Å². The topological polar surface area (TPSA) is 47.6 Å². The van der Waals surface area contributed by atoms with E-state index >= 15 is 0 Å². The molecule has 1 amide bonds. The molecular weight excluding hydrogens is 242 g/mol. The van der Waals surface area contributed by atoms with Gasteiger partial charge in [0.15, 0.2) is 0 Å². The second-order valence-electron chi connectivity index (χ2n) is 4.94. The van der Waals surface area contributed by atoms with Crippen LogP contribution in [0.15, 0.2) is 12.1 Å². The van der Waals surface area contributed by atoms with E-state index in [9.17, 15) is 4.79 Å². The van der Waals surface area contributed by atoms with Gasteiger partial charge >= 0.3 is 0 Å². The molecule has 1 aromatic carbocycles. The molecule has 0 aliphatic rings. The molecule has 0 radical (unpaired) electrons. The summed E-state index contributed by atoms with van der Waals surface area (Å²) in [5.74, 6) is 1.79. The largest absolute Gasteiger partial charge is 0.496 e. The Morgan fingerprint density at radius 3 is 2.16 bits per heavy atom. The molecule has 1 rings (SSSR count). The van der Waals surface area contributed by atoms with Crippen LogP contribution in [0.1, 0.15) is 36.2 Å². The smallest absolute Gasteiger partial charge is 0.251 e. The fourth-order valence-electron chi connectivity index (χ4n) is 1.79. The molecule has 0 heterocycles. The number of methoxy groups -OCH3 is 2. The fraction of sp³-hybridized carbons (Fsp3) is 0.533. The van der Waals surface area contributed by atoms with E-state index < -0.39 is 0 Å². The summed E-state index contributed by atoms with van der Waals surface area (Å²) in [5, 5.41) is 2.90. The molecule has 0 aromatic heterocycles. The summed E-state index contributed by atoms with van der Waals surface area (Å²) in [6.45, 7) is 6.83. The van der Waals surface area contributed by atoms with Crippen molar-refractivity contribution in [2.45, 2.75) is 27.2 Å². The average Bonchev–Trinajstić information content (AvgIpc) is 2.38. The van der Waals surface area contributed by atoms with Crippen LogP contribution in [-0.4, -0.2) is 26.7 Å². The Morgan fingerprint density at radius 1 is 1.21 bits per heavy atom. The van der Waals surface area contributed by atoms with Crippen LogP contribution in [0.3, 0.4) is 0 Å². The van der Waals surface area contributed by atoms with Gasteiger partial charge in [0.2, 0.25) is 0 Å². The zero-order valence-corrected chi connectivity index (χ0v) is 12.4. The van der Waals surface area contributed by atoms with Gasteiger partial charge in [-0.3, -0.25) is 4.79 Å². The van der Waals surface area contributed by atoms with Gasteiger partial charge in [0, 0.05) is 17.7 Å². The van der Waals surface area contributed by atoms with Gasteiger partial charge in [-0.15, -0.1) is 0 Å². The first kappa shape index (κ1) is 15.3. The molecule has 1 N–H and O–H groups in total. The summed E-state index contributed by atoms with van der Waals surface area (Å²) in [7, 11) is 3.17. The highest BCUT2D eigenvalue weighted by atomic mass is 16.5. The summed E-state index contributed by atoms with van der Waals surface area (Å²) in [6.07, 6.45) is 0.964. The van der Waals surface area contributed by atoms with E-state index in [1.54, 1.807) is 26.4 Å². The summed E-state index contributed by atoms with van der Waals surface area (Å²) in [6, 6.07) is 3.48. The van der Waals surface area contributed by atoms with Gasteiger partial charge in [-0.2, -0.15) is 0 Å². The first-order valence-electron chi connectivity index (χ1n) is 6.50. The maximum Gasteiger partial charge on any atom is 0.251 e. The Balaban J connectivity index is 2.85. The number of benzene rings is 1. The summed E-state index contributed by atoms with van der Waals surface area (Å²) >= 11 is 0. The monoisotopic (exact) mass is 265 g/mol. The van der Waals surface area contributed by atoms with E-state index in [1.165, 1.54) is 0 Å². The molecule has 106 valence electrons. The third kappa shape index (κ3) is 4.16. The number of nitrogens with one attached hydrogen (secondary N) is 1. The van der Waals surface area contributed by atoms with Crippen molar-refractivity contribution in [1.82, 2.24) is 5.32 Å². The SMILES string of the molecule is COc1cc(C(=O)NCCC(C)C)cc(OC)c1C. The normalized spacial score (nSPS) is 10.4. The molecular formula is C15H23NO3. The molecule has 19 heavy (non-hydrogen) atoms. The maximum atomic E-state index is 12.1. The molecule has 0 aliphatic heterocycles. The van der Waals surface area contributed by atoms with E-state index in [1.807, 2.05) is 6.92 Å². The van der Waals surface area contributed by atoms with Gasteiger partial charge in [0.1, 0.15) is 11.5 Å². The number of carbonyl (C=O) groups is 1. The molecule has 0 aliphatic carbocycles. The van der Waals surface area contributed by atoms with E-state index in [4.69, 9.17) is 9.47 Å². The molecule has 0 fully saturated rings.